The third kappa shape index (κ3) is 8.10. The van der Waals surface area contributed by atoms with Crippen molar-refractivity contribution >= 4 is 13.5 Å². The van der Waals surface area contributed by atoms with E-state index in [4.69, 9.17) is 13.3 Å². The fourth-order valence-electron chi connectivity index (χ4n) is 1.46. The van der Waals surface area contributed by atoms with Gasteiger partial charge in [0.2, 0.25) is 0 Å². The molecule has 0 unspecified atom stereocenters. The summed E-state index contributed by atoms with van der Waals surface area (Å²) >= 11 is 0. The molecular formula is C19H25BN2. The summed E-state index contributed by atoms with van der Waals surface area (Å²) in [5, 5.41) is 10.5. The molecule has 0 fully saturated rings. The lowest BCUT2D eigenvalue weighted by atomic mass is 9.92. The number of allylic oxidation sites excluding steroid dienone is 11. The Hall–Kier alpha value is -2.29. The van der Waals surface area contributed by atoms with Gasteiger partial charge in [0, 0.05) is 7.05 Å². The topological polar surface area (TPSA) is 35.9 Å². The van der Waals surface area contributed by atoms with Crippen LogP contribution in [0.15, 0.2) is 84.2 Å². The second-order valence-electron chi connectivity index (χ2n) is 4.65. The van der Waals surface area contributed by atoms with Gasteiger partial charge in [0.05, 0.1) is 0 Å². The van der Waals surface area contributed by atoms with E-state index in [2.05, 4.69) is 25.4 Å². The first-order chi connectivity index (χ1) is 10.5. The van der Waals surface area contributed by atoms with Crippen LogP contribution in [0.2, 0.25) is 0 Å². The van der Waals surface area contributed by atoms with E-state index in [9.17, 15) is 0 Å². The van der Waals surface area contributed by atoms with Crippen molar-refractivity contribution in [3.05, 3.63) is 84.2 Å². The molecule has 0 rings (SSSR count). The number of nitrogens with one attached hydrogen (secondary N) is 2. The van der Waals surface area contributed by atoms with E-state index >= 15 is 0 Å². The highest BCUT2D eigenvalue weighted by Gasteiger charge is 1.99. The molecule has 0 saturated heterocycles. The molecule has 0 spiro atoms. The molecule has 0 aromatic rings. The number of hydrogen-bond donors (Lipinski definition) is 2. The van der Waals surface area contributed by atoms with Crippen LogP contribution in [0.1, 0.15) is 20.3 Å². The molecular weight excluding hydrogens is 267 g/mol. The molecule has 0 aliphatic carbocycles. The molecule has 2 radical (unpaired) electrons. The molecule has 0 aliphatic rings. The molecule has 0 heterocycles. The van der Waals surface area contributed by atoms with Crippen molar-refractivity contribution in [2.24, 2.45) is 0 Å². The van der Waals surface area contributed by atoms with Crippen LogP contribution in [-0.2, 0) is 0 Å². The summed E-state index contributed by atoms with van der Waals surface area (Å²) in [7, 11) is 7.41. The van der Waals surface area contributed by atoms with Gasteiger partial charge in [0.1, 0.15) is 7.85 Å². The molecule has 0 bridgehead atoms. The quantitative estimate of drug-likeness (QED) is 0.369. The Labute approximate surface area is 136 Å². The highest BCUT2D eigenvalue weighted by Crippen LogP contribution is 2.16. The lowest BCUT2D eigenvalue weighted by molar-refractivity contribution is 1.10. The summed E-state index contributed by atoms with van der Waals surface area (Å²) in [6, 6.07) is 0. The van der Waals surface area contributed by atoms with Gasteiger partial charge in [-0.15, -0.1) is 0 Å². The van der Waals surface area contributed by atoms with Crippen LogP contribution in [0.5, 0.6) is 0 Å². The molecule has 0 atom stereocenters. The minimum Gasteiger partial charge on any atom is -0.394 e. The standard InChI is InChI=1S/C19H25BN2/c1-6-8-9-17(19(20)21)11-10-16(4)18(12-13-22-5)14-15(3)7-2/h6,8-14,21-22H,3-4,7H2,1-2,5H3/b8-6+,11-10-,13-12-,17-9+,18-14+,21-19?. The Bertz CT molecular complexity index is 558. The fourth-order valence-corrected chi connectivity index (χ4v) is 1.46. The SMILES string of the molecule is [B]C(=N)C(/C=C\C(=C)C(/C=C\NC)=C/C(=C)CC)=C/C=C/C. The number of rotatable bonds is 9. The summed E-state index contributed by atoms with van der Waals surface area (Å²) in [6.07, 6.45) is 15.8. The van der Waals surface area contributed by atoms with Crippen LogP contribution in [-0.4, -0.2) is 20.5 Å². The van der Waals surface area contributed by atoms with E-state index in [0.29, 0.717) is 5.57 Å². The van der Waals surface area contributed by atoms with Crippen molar-refractivity contribution < 1.29 is 0 Å². The zero-order valence-corrected chi connectivity index (χ0v) is 13.8. The maximum atomic E-state index is 7.58. The molecule has 0 amide bonds. The van der Waals surface area contributed by atoms with Crippen molar-refractivity contribution in [1.29, 1.82) is 5.41 Å². The van der Waals surface area contributed by atoms with E-state index in [1.165, 1.54) is 0 Å². The molecule has 0 saturated carbocycles. The van der Waals surface area contributed by atoms with Gasteiger partial charge in [0.25, 0.3) is 0 Å². The van der Waals surface area contributed by atoms with Crippen LogP contribution < -0.4 is 5.32 Å². The largest absolute Gasteiger partial charge is 0.394 e. The third-order valence-electron chi connectivity index (χ3n) is 2.86. The van der Waals surface area contributed by atoms with Gasteiger partial charge in [-0.2, -0.15) is 0 Å². The van der Waals surface area contributed by atoms with Crippen molar-refractivity contribution in [2.75, 3.05) is 7.05 Å². The summed E-state index contributed by atoms with van der Waals surface area (Å²) < 4.78 is 0. The average Bonchev–Trinajstić information content (AvgIpc) is 2.50. The first kappa shape index (κ1) is 19.7. The van der Waals surface area contributed by atoms with Crippen LogP contribution in [0.3, 0.4) is 0 Å². The minimum absolute atomic E-state index is 0.0245. The first-order valence-corrected chi connectivity index (χ1v) is 7.24. The lowest BCUT2D eigenvalue weighted by Crippen LogP contribution is -1.97. The highest BCUT2D eigenvalue weighted by atomic mass is 14.8. The Morgan fingerprint density at radius 1 is 1.18 bits per heavy atom. The van der Waals surface area contributed by atoms with E-state index in [-0.39, 0.29) is 5.61 Å². The van der Waals surface area contributed by atoms with Gasteiger partial charge in [-0.3, -0.25) is 0 Å². The molecule has 22 heavy (non-hydrogen) atoms. The van der Waals surface area contributed by atoms with E-state index in [0.717, 1.165) is 23.1 Å². The van der Waals surface area contributed by atoms with Crippen molar-refractivity contribution in [3.63, 3.8) is 0 Å². The van der Waals surface area contributed by atoms with Crippen LogP contribution >= 0.6 is 0 Å². The second-order valence-corrected chi connectivity index (χ2v) is 4.65. The van der Waals surface area contributed by atoms with E-state index in [1.54, 1.807) is 12.2 Å². The fraction of sp³-hybridized carbons (Fsp3) is 0.211. The number of hydrogen-bond acceptors (Lipinski definition) is 2. The third-order valence-corrected chi connectivity index (χ3v) is 2.86. The lowest BCUT2D eigenvalue weighted by Gasteiger charge is -2.05. The van der Waals surface area contributed by atoms with E-state index in [1.807, 2.05) is 50.6 Å². The van der Waals surface area contributed by atoms with Crippen molar-refractivity contribution in [2.45, 2.75) is 20.3 Å². The van der Waals surface area contributed by atoms with Gasteiger partial charge in [-0.1, -0.05) is 62.1 Å². The normalized spacial score (nSPS) is 13.2. The molecule has 2 N–H and O–H groups in total. The maximum absolute atomic E-state index is 7.58. The Kier molecular flexibility index (Phi) is 10.2. The zero-order valence-electron chi connectivity index (χ0n) is 13.8. The van der Waals surface area contributed by atoms with Gasteiger partial charge in [-0.05, 0) is 48.0 Å². The molecule has 0 aliphatic heterocycles. The average molecular weight is 292 g/mol. The second kappa shape index (κ2) is 11.4. The van der Waals surface area contributed by atoms with Gasteiger partial charge >= 0.3 is 0 Å². The molecule has 0 aromatic carbocycles. The molecule has 3 heteroatoms. The Morgan fingerprint density at radius 3 is 2.36 bits per heavy atom. The van der Waals surface area contributed by atoms with Gasteiger partial charge in [0.15, 0.2) is 0 Å². The molecule has 2 nitrogen and oxygen atoms in total. The molecule has 114 valence electrons. The van der Waals surface area contributed by atoms with E-state index < -0.39 is 0 Å². The smallest absolute Gasteiger partial charge is 0.141 e. The minimum atomic E-state index is 0.0245. The summed E-state index contributed by atoms with van der Waals surface area (Å²) in [4.78, 5) is 0. The summed E-state index contributed by atoms with van der Waals surface area (Å²) in [5.41, 5.74) is 3.49. The van der Waals surface area contributed by atoms with Crippen molar-refractivity contribution in [3.8, 4) is 0 Å². The Balaban J connectivity index is 5.36. The van der Waals surface area contributed by atoms with Crippen LogP contribution in [0.25, 0.3) is 0 Å². The first-order valence-electron chi connectivity index (χ1n) is 7.24. The summed E-state index contributed by atoms with van der Waals surface area (Å²) in [5.74, 6) is 0. The predicted octanol–water partition coefficient (Wildman–Crippen LogP) is 4.37. The maximum Gasteiger partial charge on any atom is 0.141 e. The van der Waals surface area contributed by atoms with Crippen LogP contribution in [0, 0.1) is 5.41 Å². The molecule has 0 aromatic heterocycles. The van der Waals surface area contributed by atoms with Gasteiger partial charge in [-0.25, -0.2) is 0 Å². The summed E-state index contributed by atoms with van der Waals surface area (Å²) in [6.45, 7) is 12.0. The zero-order chi connectivity index (χ0) is 17.0. The van der Waals surface area contributed by atoms with Gasteiger partial charge < -0.3 is 10.7 Å². The Morgan fingerprint density at radius 2 is 1.86 bits per heavy atom. The predicted molar refractivity (Wildman–Crippen MR) is 100 cm³/mol. The van der Waals surface area contributed by atoms with Crippen LogP contribution in [0.4, 0.5) is 0 Å². The monoisotopic (exact) mass is 292 g/mol. The van der Waals surface area contributed by atoms with Crippen molar-refractivity contribution in [1.82, 2.24) is 5.32 Å². The highest BCUT2D eigenvalue weighted by molar-refractivity contribution is 6.63.